The first-order chi connectivity index (χ1) is 9.72. The van der Waals surface area contributed by atoms with Crippen LogP contribution in [-0.4, -0.2) is 43.8 Å². The highest BCUT2D eigenvalue weighted by molar-refractivity contribution is 5.97. The van der Waals surface area contributed by atoms with Gasteiger partial charge in [-0.1, -0.05) is 0 Å². The molecule has 1 saturated heterocycles. The maximum absolute atomic E-state index is 12.0. The van der Waals surface area contributed by atoms with Crippen molar-refractivity contribution in [2.75, 3.05) is 0 Å². The lowest BCUT2D eigenvalue weighted by atomic mass is 10.0. The Morgan fingerprint density at radius 3 is 1.65 bits per heavy atom. The largest absolute Gasteiger partial charge is 0.351 e. The number of nitrogens with zero attached hydrogens (tertiary/aromatic N) is 2. The topological polar surface area (TPSA) is 116 Å². The van der Waals surface area contributed by atoms with Crippen LogP contribution < -0.4 is 10.6 Å². The summed E-state index contributed by atoms with van der Waals surface area (Å²) in [5, 5.41) is 5.45. The van der Waals surface area contributed by atoms with E-state index in [4.69, 9.17) is 0 Å². The molecule has 1 fully saturated rings. The number of aromatic nitrogens is 4. The molecule has 0 saturated carbocycles. The van der Waals surface area contributed by atoms with Crippen molar-refractivity contribution in [1.82, 2.24) is 30.6 Å². The second-order valence-electron chi connectivity index (χ2n) is 4.65. The van der Waals surface area contributed by atoms with Gasteiger partial charge < -0.3 is 20.6 Å². The minimum absolute atomic E-state index is 0.201. The number of piperazine rings is 1. The zero-order valence-corrected chi connectivity index (χ0v) is 10.6. The van der Waals surface area contributed by atoms with E-state index in [1.165, 1.54) is 12.7 Å². The third kappa shape index (κ3) is 2.53. The van der Waals surface area contributed by atoms with E-state index in [1.54, 1.807) is 12.4 Å². The summed E-state index contributed by atoms with van der Waals surface area (Å²) in [7, 11) is 0. The molecular weight excluding hydrogens is 260 g/mol. The normalized spacial score (nSPS) is 22.4. The highest BCUT2D eigenvalue weighted by Crippen LogP contribution is 2.07. The molecule has 104 valence electrons. The van der Waals surface area contributed by atoms with Crippen LogP contribution in [0.2, 0.25) is 0 Å². The zero-order chi connectivity index (χ0) is 13.9. The Morgan fingerprint density at radius 1 is 0.850 bits per heavy atom. The number of rotatable bonds is 4. The molecule has 2 amide bonds. The molecule has 0 aliphatic carbocycles. The number of H-pyrrole nitrogens is 2. The van der Waals surface area contributed by atoms with Gasteiger partial charge in [0.05, 0.1) is 24.0 Å². The molecule has 8 nitrogen and oxygen atoms in total. The molecule has 4 N–H and O–H groups in total. The van der Waals surface area contributed by atoms with Gasteiger partial charge in [0, 0.05) is 25.2 Å². The average molecular weight is 274 g/mol. The predicted octanol–water partition coefficient (Wildman–Crippen LogP) is -1.10. The Morgan fingerprint density at radius 2 is 1.30 bits per heavy atom. The van der Waals surface area contributed by atoms with E-state index in [0.29, 0.717) is 12.8 Å². The molecule has 2 atom stereocenters. The number of hydrogen-bond donors (Lipinski definition) is 4. The van der Waals surface area contributed by atoms with Crippen molar-refractivity contribution in [1.29, 1.82) is 0 Å². The lowest BCUT2D eigenvalue weighted by Crippen LogP contribution is -2.62. The first kappa shape index (κ1) is 12.4. The van der Waals surface area contributed by atoms with Crippen molar-refractivity contribution in [2.24, 2.45) is 0 Å². The van der Waals surface area contributed by atoms with E-state index in [0.717, 1.165) is 11.4 Å². The van der Waals surface area contributed by atoms with Gasteiger partial charge in [-0.05, 0) is 0 Å². The van der Waals surface area contributed by atoms with Crippen LogP contribution in [0.3, 0.4) is 0 Å². The molecule has 0 radical (unpaired) electrons. The monoisotopic (exact) mass is 274 g/mol. The minimum atomic E-state index is -0.582. The van der Waals surface area contributed by atoms with Crippen LogP contribution in [0.15, 0.2) is 25.0 Å². The molecule has 0 aromatic carbocycles. The molecule has 0 spiro atoms. The molecule has 3 rings (SSSR count). The fraction of sp³-hybridized carbons (Fsp3) is 0.333. The van der Waals surface area contributed by atoms with Crippen LogP contribution in [0.5, 0.6) is 0 Å². The second kappa shape index (κ2) is 5.16. The van der Waals surface area contributed by atoms with E-state index in [2.05, 4.69) is 30.6 Å². The van der Waals surface area contributed by atoms with Gasteiger partial charge in [-0.15, -0.1) is 0 Å². The Bertz CT molecular complexity index is 537. The predicted molar refractivity (Wildman–Crippen MR) is 68.4 cm³/mol. The minimum Gasteiger partial charge on any atom is -0.351 e. The van der Waals surface area contributed by atoms with Crippen LogP contribution in [0, 0.1) is 0 Å². The lowest BCUT2D eigenvalue weighted by Gasteiger charge is -2.28. The smallest absolute Gasteiger partial charge is 0.243 e. The van der Waals surface area contributed by atoms with Gasteiger partial charge in [0.25, 0.3) is 0 Å². The summed E-state index contributed by atoms with van der Waals surface area (Å²) in [5.74, 6) is -0.402. The van der Waals surface area contributed by atoms with Gasteiger partial charge in [-0.2, -0.15) is 0 Å². The number of imidazole rings is 2. The average Bonchev–Trinajstić information content (AvgIpc) is 3.08. The second-order valence-corrected chi connectivity index (χ2v) is 4.65. The molecule has 1 aliphatic heterocycles. The van der Waals surface area contributed by atoms with Crippen molar-refractivity contribution >= 4 is 11.8 Å². The third-order valence-corrected chi connectivity index (χ3v) is 3.20. The van der Waals surface area contributed by atoms with E-state index >= 15 is 0 Å². The molecular formula is C12H14N6O2. The summed E-state index contributed by atoms with van der Waals surface area (Å²) < 4.78 is 0. The van der Waals surface area contributed by atoms with Gasteiger partial charge >= 0.3 is 0 Å². The Labute approximate surface area is 114 Å². The fourth-order valence-electron chi connectivity index (χ4n) is 2.19. The Hall–Kier alpha value is -2.64. The maximum atomic E-state index is 12.0. The van der Waals surface area contributed by atoms with Crippen molar-refractivity contribution < 1.29 is 9.59 Å². The van der Waals surface area contributed by atoms with E-state index in [1.807, 2.05) is 0 Å². The van der Waals surface area contributed by atoms with Gasteiger partial charge in [0.15, 0.2) is 0 Å². The van der Waals surface area contributed by atoms with Gasteiger partial charge in [0.1, 0.15) is 12.1 Å². The molecule has 0 bridgehead atoms. The number of carbonyl (C=O) groups excluding carboxylic acids is 2. The molecule has 20 heavy (non-hydrogen) atoms. The lowest BCUT2D eigenvalue weighted by molar-refractivity contribution is -0.136. The van der Waals surface area contributed by atoms with Crippen LogP contribution in [0.4, 0.5) is 0 Å². The number of carbonyl (C=O) groups is 2. The molecule has 1 aliphatic rings. The van der Waals surface area contributed by atoms with Crippen LogP contribution in [0.25, 0.3) is 0 Å². The Balaban J connectivity index is 1.64. The molecule has 2 aromatic heterocycles. The first-order valence-corrected chi connectivity index (χ1v) is 6.28. The van der Waals surface area contributed by atoms with Crippen molar-refractivity contribution in [3.8, 4) is 0 Å². The zero-order valence-electron chi connectivity index (χ0n) is 10.6. The summed E-state index contributed by atoms with van der Waals surface area (Å²) in [6.07, 6.45) is 7.23. The van der Waals surface area contributed by atoms with Crippen LogP contribution >= 0.6 is 0 Å². The standard InChI is InChI=1S/C12H14N6O2/c19-11-9(1-7-3-13-5-15-7)17-12(20)10(18-11)2-8-4-14-6-16-8/h3-6,9-10H,1-2H2,(H,13,15)(H,14,16)(H,17,20)(H,18,19)/t9-,10?/m1/s1. The summed E-state index contributed by atoms with van der Waals surface area (Å²) in [6.45, 7) is 0. The van der Waals surface area contributed by atoms with Crippen molar-refractivity contribution in [3.63, 3.8) is 0 Å². The van der Waals surface area contributed by atoms with E-state index in [-0.39, 0.29) is 11.8 Å². The highest BCUT2D eigenvalue weighted by atomic mass is 16.2. The summed E-state index contributed by atoms with van der Waals surface area (Å²) >= 11 is 0. The number of aromatic amines is 2. The summed E-state index contributed by atoms with van der Waals surface area (Å²) in [6, 6.07) is -1.16. The number of amides is 2. The van der Waals surface area contributed by atoms with Gasteiger partial charge in [0.2, 0.25) is 11.8 Å². The quantitative estimate of drug-likeness (QED) is 0.566. The molecule has 1 unspecified atom stereocenters. The Kier molecular flexibility index (Phi) is 3.20. The first-order valence-electron chi connectivity index (χ1n) is 6.28. The van der Waals surface area contributed by atoms with Gasteiger partial charge in [-0.25, -0.2) is 9.97 Å². The number of hydrogen-bond acceptors (Lipinski definition) is 4. The van der Waals surface area contributed by atoms with Crippen molar-refractivity contribution in [2.45, 2.75) is 24.9 Å². The fourth-order valence-corrected chi connectivity index (χ4v) is 2.19. The van der Waals surface area contributed by atoms with Gasteiger partial charge in [-0.3, -0.25) is 9.59 Å². The maximum Gasteiger partial charge on any atom is 0.243 e. The number of nitrogens with one attached hydrogen (secondary N) is 4. The summed E-state index contributed by atoms with van der Waals surface area (Å²) in [4.78, 5) is 37.8. The van der Waals surface area contributed by atoms with Crippen molar-refractivity contribution in [3.05, 3.63) is 36.4 Å². The SMILES string of the molecule is O=C1N[C@H](Cc2c[nH]cn2)C(=O)NC1Cc1c[nH]cn1. The molecule has 2 aromatic rings. The molecule has 8 heteroatoms. The van der Waals surface area contributed by atoms with E-state index < -0.39 is 12.1 Å². The van der Waals surface area contributed by atoms with Crippen LogP contribution in [-0.2, 0) is 22.4 Å². The molecule has 3 heterocycles. The summed E-state index contributed by atoms with van der Waals surface area (Å²) in [5.41, 5.74) is 1.47. The van der Waals surface area contributed by atoms with Crippen LogP contribution in [0.1, 0.15) is 11.4 Å². The highest BCUT2D eigenvalue weighted by Gasteiger charge is 2.34. The third-order valence-electron chi connectivity index (χ3n) is 3.20. The van der Waals surface area contributed by atoms with E-state index in [9.17, 15) is 9.59 Å².